The Balaban J connectivity index is 1.99. The van der Waals surface area contributed by atoms with Crippen molar-refractivity contribution in [3.05, 3.63) is 0 Å². The van der Waals surface area contributed by atoms with E-state index in [1.807, 2.05) is 0 Å². The summed E-state index contributed by atoms with van der Waals surface area (Å²) in [5, 5.41) is 12.5. The average molecular weight is 262 g/mol. The van der Waals surface area contributed by atoms with Crippen LogP contribution in [0, 0.1) is 34.5 Å². The van der Waals surface area contributed by atoms with E-state index in [1.54, 1.807) is 0 Å². The van der Waals surface area contributed by atoms with Crippen molar-refractivity contribution < 1.29 is 4.79 Å². The fourth-order valence-corrected chi connectivity index (χ4v) is 3.90. The number of carbonyl (C=O) groups excluding carboxylic acids is 1. The van der Waals surface area contributed by atoms with Crippen molar-refractivity contribution in [3.63, 3.8) is 0 Å². The third-order valence-electron chi connectivity index (χ3n) is 5.03. The standard InChI is InChI=1S/C16H26N2O/c1-11(2)13-6-4-5-7-14(13)18-15(19)16(10-17)8-12(3)9-16/h11-14H,4-9H2,1-3H3,(H,18,19). The maximum absolute atomic E-state index is 12.4. The van der Waals surface area contributed by atoms with Gasteiger partial charge in [-0.15, -0.1) is 0 Å². The van der Waals surface area contributed by atoms with Gasteiger partial charge in [0.2, 0.25) is 5.91 Å². The van der Waals surface area contributed by atoms with Crippen molar-refractivity contribution in [1.29, 1.82) is 5.26 Å². The largest absolute Gasteiger partial charge is 0.352 e. The number of carbonyl (C=O) groups is 1. The maximum Gasteiger partial charge on any atom is 0.240 e. The van der Waals surface area contributed by atoms with Gasteiger partial charge in [0, 0.05) is 6.04 Å². The molecule has 19 heavy (non-hydrogen) atoms. The molecule has 0 aliphatic heterocycles. The normalized spacial score (nSPS) is 38.4. The van der Waals surface area contributed by atoms with Gasteiger partial charge in [-0.05, 0) is 43.4 Å². The molecule has 0 aromatic carbocycles. The molecule has 2 aliphatic carbocycles. The first-order valence-electron chi connectivity index (χ1n) is 7.71. The smallest absolute Gasteiger partial charge is 0.240 e. The molecule has 3 heteroatoms. The lowest BCUT2D eigenvalue weighted by molar-refractivity contribution is -0.135. The Morgan fingerprint density at radius 1 is 1.32 bits per heavy atom. The van der Waals surface area contributed by atoms with Gasteiger partial charge in [0.05, 0.1) is 6.07 Å². The fraction of sp³-hybridized carbons (Fsp3) is 0.875. The van der Waals surface area contributed by atoms with Gasteiger partial charge >= 0.3 is 0 Å². The number of nitrogens with one attached hydrogen (secondary N) is 1. The highest BCUT2D eigenvalue weighted by molar-refractivity contribution is 5.86. The van der Waals surface area contributed by atoms with E-state index in [-0.39, 0.29) is 11.9 Å². The highest BCUT2D eigenvalue weighted by Gasteiger charge is 2.49. The van der Waals surface area contributed by atoms with Crippen molar-refractivity contribution in [2.45, 2.75) is 65.3 Å². The number of hydrogen-bond acceptors (Lipinski definition) is 2. The minimum Gasteiger partial charge on any atom is -0.352 e. The van der Waals surface area contributed by atoms with E-state index >= 15 is 0 Å². The highest BCUT2D eigenvalue weighted by Crippen LogP contribution is 2.45. The summed E-state index contributed by atoms with van der Waals surface area (Å²) in [5.74, 6) is 1.68. The van der Waals surface area contributed by atoms with Crippen LogP contribution in [0.2, 0.25) is 0 Å². The van der Waals surface area contributed by atoms with E-state index in [9.17, 15) is 10.1 Å². The van der Waals surface area contributed by atoms with Gasteiger partial charge in [0.15, 0.2) is 0 Å². The summed E-state index contributed by atoms with van der Waals surface area (Å²) < 4.78 is 0. The quantitative estimate of drug-likeness (QED) is 0.848. The van der Waals surface area contributed by atoms with E-state index in [0.717, 1.165) is 19.3 Å². The molecule has 0 spiro atoms. The molecular formula is C16H26N2O. The summed E-state index contributed by atoms with van der Waals surface area (Å²) in [4.78, 5) is 12.4. The van der Waals surface area contributed by atoms with Crippen LogP contribution >= 0.6 is 0 Å². The first-order chi connectivity index (χ1) is 8.98. The van der Waals surface area contributed by atoms with Crippen LogP contribution in [0.3, 0.4) is 0 Å². The second kappa shape index (κ2) is 5.53. The van der Waals surface area contributed by atoms with Crippen molar-refractivity contribution in [2.75, 3.05) is 0 Å². The lowest BCUT2D eigenvalue weighted by atomic mass is 9.62. The van der Waals surface area contributed by atoms with Gasteiger partial charge in [-0.3, -0.25) is 4.79 Å². The molecule has 1 amide bonds. The van der Waals surface area contributed by atoms with Crippen LogP contribution in [-0.2, 0) is 4.79 Å². The molecule has 0 heterocycles. The van der Waals surface area contributed by atoms with Gasteiger partial charge in [0.25, 0.3) is 0 Å². The molecule has 2 aliphatic rings. The molecule has 2 atom stereocenters. The molecule has 106 valence electrons. The van der Waals surface area contributed by atoms with Crippen molar-refractivity contribution in [2.24, 2.45) is 23.2 Å². The Labute approximate surface area is 116 Å². The van der Waals surface area contributed by atoms with E-state index in [1.165, 1.54) is 19.3 Å². The molecular weight excluding hydrogens is 236 g/mol. The number of amides is 1. The topological polar surface area (TPSA) is 52.9 Å². The molecule has 2 rings (SSSR count). The summed E-state index contributed by atoms with van der Waals surface area (Å²) >= 11 is 0. The Morgan fingerprint density at radius 2 is 1.95 bits per heavy atom. The number of nitrogens with zero attached hydrogens (tertiary/aromatic N) is 1. The third kappa shape index (κ3) is 2.78. The van der Waals surface area contributed by atoms with Gasteiger partial charge in [-0.2, -0.15) is 5.26 Å². The Bertz CT molecular complexity index is 377. The summed E-state index contributed by atoms with van der Waals surface area (Å²) in [5.41, 5.74) is -0.724. The Hall–Kier alpha value is -1.04. The highest BCUT2D eigenvalue weighted by atomic mass is 16.2. The first kappa shape index (κ1) is 14.4. The molecule has 3 nitrogen and oxygen atoms in total. The van der Waals surface area contributed by atoms with E-state index in [4.69, 9.17) is 0 Å². The second-order valence-corrected chi connectivity index (χ2v) is 6.98. The van der Waals surface area contributed by atoms with E-state index in [0.29, 0.717) is 17.8 Å². The van der Waals surface area contributed by atoms with Crippen LogP contribution in [-0.4, -0.2) is 11.9 Å². The van der Waals surface area contributed by atoms with Gasteiger partial charge < -0.3 is 5.32 Å². The zero-order valence-electron chi connectivity index (χ0n) is 12.4. The zero-order valence-corrected chi connectivity index (χ0v) is 12.4. The van der Waals surface area contributed by atoms with Gasteiger partial charge in [-0.25, -0.2) is 0 Å². The van der Waals surface area contributed by atoms with Crippen molar-refractivity contribution in [1.82, 2.24) is 5.32 Å². The molecule has 2 saturated carbocycles. The van der Waals surface area contributed by atoms with Crippen LogP contribution in [0.1, 0.15) is 59.3 Å². The number of hydrogen-bond donors (Lipinski definition) is 1. The molecule has 0 bridgehead atoms. The van der Waals surface area contributed by atoms with Gasteiger partial charge in [-0.1, -0.05) is 33.6 Å². The maximum atomic E-state index is 12.4. The Morgan fingerprint density at radius 3 is 2.47 bits per heavy atom. The van der Waals surface area contributed by atoms with Crippen molar-refractivity contribution >= 4 is 5.91 Å². The lowest BCUT2D eigenvalue weighted by Crippen LogP contribution is -2.53. The zero-order chi connectivity index (χ0) is 14.0. The van der Waals surface area contributed by atoms with E-state index < -0.39 is 5.41 Å². The van der Waals surface area contributed by atoms with Crippen LogP contribution in [0.5, 0.6) is 0 Å². The van der Waals surface area contributed by atoms with Crippen LogP contribution in [0.4, 0.5) is 0 Å². The molecule has 2 unspecified atom stereocenters. The molecule has 0 aromatic rings. The Kier molecular flexibility index (Phi) is 4.18. The fourth-order valence-electron chi connectivity index (χ4n) is 3.90. The lowest BCUT2D eigenvalue weighted by Gasteiger charge is -2.42. The molecule has 0 radical (unpaired) electrons. The summed E-state index contributed by atoms with van der Waals surface area (Å²) in [6.07, 6.45) is 6.22. The predicted molar refractivity (Wildman–Crippen MR) is 75.2 cm³/mol. The van der Waals surface area contributed by atoms with Crippen LogP contribution in [0.15, 0.2) is 0 Å². The summed E-state index contributed by atoms with van der Waals surface area (Å²) in [7, 11) is 0. The second-order valence-electron chi connectivity index (χ2n) is 6.98. The monoisotopic (exact) mass is 262 g/mol. The number of rotatable bonds is 3. The average Bonchev–Trinajstić information content (AvgIpc) is 2.35. The van der Waals surface area contributed by atoms with Crippen molar-refractivity contribution in [3.8, 4) is 6.07 Å². The van der Waals surface area contributed by atoms with E-state index in [2.05, 4.69) is 32.2 Å². The molecule has 0 aromatic heterocycles. The molecule has 0 saturated heterocycles. The van der Waals surface area contributed by atoms with Crippen LogP contribution in [0.25, 0.3) is 0 Å². The SMILES string of the molecule is CC1CC(C#N)(C(=O)NC2CCCCC2C(C)C)C1. The predicted octanol–water partition coefficient (Wildman–Crippen LogP) is 3.26. The third-order valence-corrected chi connectivity index (χ3v) is 5.03. The summed E-state index contributed by atoms with van der Waals surface area (Å²) in [6.45, 7) is 6.58. The van der Waals surface area contributed by atoms with Crippen LogP contribution < -0.4 is 5.32 Å². The molecule has 2 fully saturated rings. The van der Waals surface area contributed by atoms with Gasteiger partial charge in [0.1, 0.15) is 5.41 Å². The summed E-state index contributed by atoms with van der Waals surface area (Å²) in [6, 6.07) is 2.55. The first-order valence-corrected chi connectivity index (χ1v) is 7.71. The number of nitriles is 1. The minimum absolute atomic E-state index is 0.00866. The minimum atomic E-state index is -0.724. The molecule has 1 N–H and O–H groups in total.